The maximum absolute atomic E-state index is 11.5. The molecule has 5 heteroatoms. The third-order valence-corrected chi connectivity index (χ3v) is 3.01. The Kier molecular flexibility index (Phi) is 2.45. The lowest BCUT2D eigenvalue weighted by Crippen LogP contribution is -2.03. The minimum Gasteiger partial charge on any atom is -0.477 e. The molecule has 0 aromatic carbocycles. The van der Waals surface area contributed by atoms with E-state index in [-0.39, 0.29) is 5.69 Å². The number of hydrogen-bond donors (Lipinski definition) is 2. The van der Waals surface area contributed by atoms with E-state index in [0.29, 0.717) is 22.5 Å². The van der Waals surface area contributed by atoms with Crippen molar-refractivity contribution < 1.29 is 9.90 Å². The average Bonchev–Trinajstić information content (AvgIpc) is 2.74. The summed E-state index contributed by atoms with van der Waals surface area (Å²) in [6, 6.07) is 10.7. The predicted octanol–water partition coefficient (Wildman–Crippen LogP) is 2.28. The first-order chi connectivity index (χ1) is 9.20. The lowest BCUT2D eigenvalue weighted by atomic mass is 10.1. The van der Waals surface area contributed by atoms with E-state index in [0.717, 1.165) is 0 Å². The molecule has 0 aliphatic carbocycles. The van der Waals surface area contributed by atoms with Crippen molar-refractivity contribution in [1.29, 1.82) is 0 Å². The molecule has 3 rings (SSSR count). The zero-order valence-electron chi connectivity index (χ0n) is 9.95. The number of pyridine rings is 2. The molecular formula is C14H11N3O2. The Bertz CT molecular complexity index is 763. The SMILES string of the molecule is Nc1c(-c2ccccn2)c(C(=O)O)n2ccccc12. The fraction of sp³-hybridized carbons (Fsp3) is 0. The molecule has 5 nitrogen and oxygen atoms in total. The number of carboxylic acid groups (broad SMARTS) is 1. The smallest absolute Gasteiger partial charge is 0.353 e. The van der Waals surface area contributed by atoms with Crippen LogP contribution in [0, 0.1) is 0 Å². The topological polar surface area (TPSA) is 80.6 Å². The molecule has 3 heterocycles. The maximum Gasteiger partial charge on any atom is 0.353 e. The van der Waals surface area contributed by atoms with Gasteiger partial charge in [0.25, 0.3) is 0 Å². The number of aromatic carboxylic acids is 1. The first-order valence-electron chi connectivity index (χ1n) is 5.73. The van der Waals surface area contributed by atoms with E-state index < -0.39 is 5.97 Å². The molecule has 0 aliphatic rings. The van der Waals surface area contributed by atoms with Gasteiger partial charge in [0, 0.05) is 12.4 Å². The van der Waals surface area contributed by atoms with Gasteiger partial charge in [-0.05, 0) is 24.3 Å². The van der Waals surface area contributed by atoms with Crippen molar-refractivity contribution in [1.82, 2.24) is 9.38 Å². The summed E-state index contributed by atoms with van der Waals surface area (Å²) in [4.78, 5) is 15.7. The van der Waals surface area contributed by atoms with Gasteiger partial charge in [-0.2, -0.15) is 0 Å². The van der Waals surface area contributed by atoms with Crippen molar-refractivity contribution in [3.05, 3.63) is 54.5 Å². The van der Waals surface area contributed by atoms with Gasteiger partial charge in [-0.15, -0.1) is 0 Å². The Morgan fingerprint density at radius 3 is 2.68 bits per heavy atom. The van der Waals surface area contributed by atoms with Gasteiger partial charge >= 0.3 is 5.97 Å². The Hall–Kier alpha value is -2.82. The van der Waals surface area contributed by atoms with E-state index in [1.165, 1.54) is 0 Å². The van der Waals surface area contributed by atoms with Crippen molar-refractivity contribution >= 4 is 17.2 Å². The number of nitrogens with zero attached hydrogens (tertiary/aromatic N) is 2. The van der Waals surface area contributed by atoms with Crippen LogP contribution < -0.4 is 5.73 Å². The van der Waals surface area contributed by atoms with E-state index in [2.05, 4.69) is 4.98 Å². The number of nitrogen functional groups attached to an aromatic ring is 1. The number of hydrogen-bond acceptors (Lipinski definition) is 3. The van der Waals surface area contributed by atoms with Crippen molar-refractivity contribution in [2.45, 2.75) is 0 Å². The second-order valence-electron chi connectivity index (χ2n) is 4.11. The monoisotopic (exact) mass is 253 g/mol. The molecule has 0 bridgehead atoms. The van der Waals surface area contributed by atoms with E-state index in [1.807, 2.05) is 6.07 Å². The van der Waals surface area contributed by atoms with Crippen LogP contribution in [0.4, 0.5) is 5.69 Å². The molecule has 0 aliphatic heterocycles. The highest BCUT2D eigenvalue weighted by atomic mass is 16.4. The van der Waals surface area contributed by atoms with Gasteiger partial charge < -0.3 is 15.2 Å². The van der Waals surface area contributed by atoms with Crippen LogP contribution in [0.25, 0.3) is 16.8 Å². The quantitative estimate of drug-likeness (QED) is 0.734. The maximum atomic E-state index is 11.5. The predicted molar refractivity (Wildman–Crippen MR) is 72.0 cm³/mol. The highest BCUT2D eigenvalue weighted by Crippen LogP contribution is 2.34. The van der Waals surface area contributed by atoms with Gasteiger partial charge in [0.2, 0.25) is 0 Å². The number of nitrogens with two attached hydrogens (primary N) is 1. The third kappa shape index (κ3) is 1.63. The molecule has 0 radical (unpaired) electrons. The van der Waals surface area contributed by atoms with Crippen LogP contribution >= 0.6 is 0 Å². The van der Waals surface area contributed by atoms with Gasteiger partial charge in [0.1, 0.15) is 5.69 Å². The second kappa shape index (κ2) is 4.13. The highest BCUT2D eigenvalue weighted by Gasteiger charge is 2.22. The van der Waals surface area contributed by atoms with E-state index in [1.54, 1.807) is 47.1 Å². The summed E-state index contributed by atoms with van der Waals surface area (Å²) >= 11 is 0. The molecule has 0 spiro atoms. The zero-order valence-corrected chi connectivity index (χ0v) is 9.95. The molecule has 0 unspecified atom stereocenters. The first kappa shape index (κ1) is 11.3. The molecule has 3 aromatic heterocycles. The standard InChI is InChI=1S/C14H11N3O2/c15-12-10-6-2-4-8-17(10)13(14(18)19)11(12)9-5-1-3-7-16-9/h1-8H,15H2,(H,18,19). The Balaban J connectivity index is 2.44. The average molecular weight is 253 g/mol. The number of carbonyl (C=O) groups is 1. The van der Waals surface area contributed by atoms with Gasteiger partial charge in [0.05, 0.1) is 22.5 Å². The van der Waals surface area contributed by atoms with Crippen LogP contribution in [0.5, 0.6) is 0 Å². The normalized spacial score (nSPS) is 10.7. The van der Waals surface area contributed by atoms with Crippen molar-refractivity contribution in [3.63, 3.8) is 0 Å². The number of anilines is 1. The Labute approximate surface area is 108 Å². The number of rotatable bonds is 2. The lowest BCUT2D eigenvalue weighted by Gasteiger charge is -2.01. The Morgan fingerprint density at radius 2 is 2.00 bits per heavy atom. The zero-order chi connectivity index (χ0) is 13.4. The summed E-state index contributed by atoms with van der Waals surface area (Å²) in [5.41, 5.74) is 8.33. The van der Waals surface area contributed by atoms with E-state index >= 15 is 0 Å². The number of fused-ring (bicyclic) bond motifs is 1. The molecule has 0 fully saturated rings. The lowest BCUT2D eigenvalue weighted by molar-refractivity contribution is 0.0690. The molecule has 0 saturated heterocycles. The summed E-state index contributed by atoms with van der Waals surface area (Å²) in [6.07, 6.45) is 3.30. The molecular weight excluding hydrogens is 242 g/mol. The largest absolute Gasteiger partial charge is 0.477 e. The fourth-order valence-corrected chi connectivity index (χ4v) is 2.21. The van der Waals surface area contributed by atoms with Gasteiger partial charge in [-0.25, -0.2) is 4.79 Å². The Morgan fingerprint density at radius 1 is 1.21 bits per heavy atom. The summed E-state index contributed by atoms with van der Waals surface area (Å²) < 4.78 is 1.57. The van der Waals surface area contributed by atoms with Crippen molar-refractivity contribution in [2.24, 2.45) is 0 Å². The van der Waals surface area contributed by atoms with E-state index in [9.17, 15) is 9.90 Å². The third-order valence-electron chi connectivity index (χ3n) is 3.01. The highest BCUT2D eigenvalue weighted by molar-refractivity contribution is 6.03. The molecule has 0 saturated carbocycles. The molecule has 3 aromatic rings. The summed E-state index contributed by atoms with van der Waals surface area (Å²) in [5, 5.41) is 9.43. The second-order valence-corrected chi connectivity index (χ2v) is 4.11. The van der Waals surface area contributed by atoms with Crippen LogP contribution in [-0.4, -0.2) is 20.5 Å². The van der Waals surface area contributed by atoms with Crippen LogP contribution in [0.15, 0.2) is 48.8 Å². The molecule has 94 valence electrons. The summed E-state index contributed by atoms with van der Waals surface area (Å²) in [7, 11) is 0. The van der Waals surface area contributed by atoms with E-state index in [4.69, 9.17) is 5.73 Å². The molecule has 0 atom stereocenters. The first-order valence-corrected chi connectivity index (χ1v) is 5.73. The van der Waals surface area contributed by atoms with Crippen LogP contribution in [0.1, 0.15) is 10.5 Å². The van der Waals surface area contributed by atoms with Crippen molar-refractivity contribution in [3.8, 4) is 11.3 Å². The van der Waals surface area contributed by atoms with Gasteiger partial charge in [0.15, 0.2) is 0 Å². The van der Waals surface area contributed by atoms with Crippen LogP contribution in [0.2, 0.25) is 0 Å². The minimum atomic E-state index is -1.03. The number of aromatic nitrogens is 2. The molecule has 19 heavy (non-hydrogen) atoms. The van der Waals surface area contributed by atoms with Crippen LogP contribution in [0.3, 0.4) is 0 Å². The van der Waals surface area contributed by atoms with Gasteiger partial charge in [-0.3, -0.25) is 4.98 Å². The number of carboxylic acids is 1. The molecule has 3 N–H and O–H groups in total. The molecule has 0 amide bonds. The minimum absolute atomic E-state index is 0.131. The van der Waals surface area contributed by atoms with Crippen LogP contribution in [-0.2, 0) is 0 Å². The summed E-state index contributed by atoms with van der Waals surface area (Å²) in [5.74, 6) is -1.03. The van der Waals surface area contributed by atoms with Crippen molar-refractivity contribution in [2.75, 3.05) is 5.73 Å². The fourth-order valence-electron chi connectivity index (χ4n) is 2.21. The van der Waals surface area contributed by atoms with Gasteiger partial charge in [-0.1, -0.05) is 12.1 Å². The summed E-state index contributed by atoms with van der Waals surface area (Å²) in [6.45, 7) is 0.